The molecule has 0 amide bonds. The van der Waals surface area contributed by atoms with Crippen molar-refractivity contribution in [1.29, 1.82) is 0 Å². The fourth-order valence-corrected chi connectivity index (χ4v) is 5.91. The lowest BCUT2D eigenvalue weighted by atomic mass is 10.0. The standard InChI is InChI=1S/C30H62NO6P/c1-5-6-7-8-9-10-11-12-13-14-15-16-17-18-19-20-21-22-23-24-25-30(29(33)28-32,38(34,35)36)37-27-26-31(2,3)4/h12-13,29,32-33H,5-11,14-28H2,1-4H3,(H-,34,35,36)/p+1/b13-12-. The van der Waals surface area contributed by atoms with E-state index in [1.54, 1.807) is 0 Å². The van der Waals surface area contributed by atoms with Gasteiger partial charge >= 0.3 is 7.60 Å². The quantitative estimate of drug-likeness (QED) is 0.0373. The van der Waals surface area contributed by atoms with Crippen molar-refractivity contribution in [3.8, 4) is 0 Å². The van der Waals surface area contributed by atoms with Gasteiger partial charge in [-0.2, -0.15) is 0 Å². The van der Waals surface area contributed by atoms with Crippen molar-refractivity contribution >= 4 is 7.60 Å². The van der Waals surface area contributed by atoms with Gasteiger partial charge in [-0.15, -0.1) is 0 Å². The van der Waals surface area contributed by atoms with E-state index in [9.17, 15) is 24.6 Å². The van der Waals surface area contributed by atoms with Crippen LogP contribution in [0.25, 0.3) is 0 Å². The molecule has 7 nitrogen and oxygen atoms in total. The van der Waals surface area contributed by atoms with Gasteiger partial charge in [-0.1, -0.05) is 103 Å². The molecule has 4 N–H and O–H groups in total. The molecule has 0 aliphatic carbocycles. The first-order valence-electron chi connectivity index (χ1n) is 15.4. The Labute approximate surface area is 234 Å². The molecule has 228 valence electrons. The third-order valence-electron chi connectivity index (χ3n) is 7.35. The van der Waals surface area contributed by atoms with Crippen LogP contribution >= 0.6 is 7.60 Å². The van der Waals surface area contributed by atoms with E-state index in [4.69, 9.17) is 4.74 Å². The molecular formula is C30H63NO6P+. The van der Waals surface area contributed by atoms with Crippen LogP contribution in [-0.2, 0) is 9.30 Å². The van der Waals surface area contributed by atoms with Gasteiger partial charge in [0.25, 0.3) is 0 Å². The van der Waals surface area contributed by atoms with E-state index in [1.165, 1.54) is 89.9 Å². The number of hydrogen-bond donors (Lipinski definition) is 4. The van der Waals surface area contributed by atoms with Gasteiger partial charge in [0.1, 0.15) is 12.6 Å². The summed E-state index contributed by atoms with van der Waals surface area (Å²) in [5, 5.41) is 17.8. The molecule has 0 bridgehead atoms. The molecule has 0 spiro atoms. The molecule has 0 saturated heterocycles. The molecule has 0 aliphatic heterocycles. The Balaban J connectivity index is 3.95. The molecule has 2 unspecified atom stereocenters. The maximum Gasteiger partial charge on any atom is 0.359 e. The summed E-state index contributed by atoms with van der Waals surface area (Å²) < 4.78 is 18.6. The maximum absolute atomic E-state index is 12.3. The minimum Gasteiger partial charge on any atom is -0.394 e. The molecule has 0 radical (unpaired) electrons. The van der Waals surface area contributed by atoms with Gasteiger partial charge in [0, 0.05) is 0 Å². The topological polar surface area (TPSA) is 107 Å². The van der Waals surface area contributed by atoms with Crippen molar-refractivity contribution in [2.75, 3.05) is 40.9 Å². The highest BCUT2D eigenvalue weighted by Gasteiger charge is 2.53. The summed E-state index contributed by atoms with van der Waals surface area (Å²) in [5.74, 6) is 0. The van der Waals surface area contributed by atoms with Crippen LogP contribution in [0, 0.1) is 0 Å². The number of allylic oxidation sites excluding steroid dienone is 2. The second-order valence-corrected chi connectivity index (χ2v) is 13.9. The van der Waals surface area contributed by atoms with E-state index in [2.05, 4.69) is 19.1 Å². The number of aliphatic hydroxyl groups is 2. The summed E-state index contributed by atoms with van der Waals surface area (Å²) in [6.07, 6.45) is 24.8. The van der Waals surface area contributed by atoms with Crippen LogP contribution < -0.4 is 0 Å². The fraction of sp³-hybridized carbons (Fsp3) is 0.933. The zero-order chi connectivity index (χ0) is 28.8. The first-order valence-corrected chi connectivity index (χ1v) is 17.1. The van der Waals surface area contributed by atoms with Crippen LogP contribution in [0.4, 0.5) is 0 Å². The smallest absolute Gasteiger partial charge is 0.359 e. The van der Waals surface area contributed by atoms with Crippen molar-refractivity contribution in [2.24, 2.45) is 0 Å². The average Bonchev–Trinajstić information content (AvgIpc) is 2.84. The van der Waals surface area contributed by atoms with Crippen molar-refractivity contribution in [3.63, 3.8) is 0 Å². The van der Waals surface area contributed by atoms with E-state index >= 15 is 0 Å². The number of rotatable bonds is 27. The van der Waals surface area contributed by atoms with Crippen LogP contribution in [0.2, 0.25) is 0 Å². The molecule has 0 aliphatic rings. The van der Waals surface area contributed by atoms with Crippen molar-refractivity contribution < 1.29 is 33.8 Å². The number of hydrogen-bond acceptors (Lipinski definition) is 4. The van der Waals surface area contributed by atoms with Crippen LogP contribution in [0.15, 0.2) is 12.2 Å². The molecule has 0 heterocycles. The molecular weight excluding hydrogens is 501 g/mol. The SMILES string of the molecule is CCCCCCCC/C=C\CCCCCCCCCCCCC(OCC[N+](C)(C)C)(C(O)CO)P(=O)(O)O. The Morgan fingerprint density at radius 1 is 0.763 bits per heavy atom. The van der Waals surface area contributed by atoms with Crippen LogP contribution in [0.3, 0.4) is 0 Å². The number of ether oxygens (including phenoxy) is 1. The zero-order valence-corrected chi connectivity index (χ0v) is 26.2. The van der Waals surface area contributed by atoms with Gasteiger partial charge in [-0.3, -0.25) is 4.57 Å². The summed E-state index contributed by atoms with van der Waals surface area (Å²) in [5.41, 5.74) is 0. The number of likely N-dealkylation sites (N-methyl/N-ethyl adjacent to an activating group) is 1. The second kappa shape index (κ2) is 22.4. The van der Waals surface area contributed by atoms with Gasteiger partial charge in [0.15, 0.2) is 5.34 Å². The Kier molecular flexibility index (Phi) is 22.3. The second-order valence-electron chi connectivity index (χ2n) is 12.1. The van der Waals surface area contributed by atoms with Crippen LogP contribution in [0.5, 0.6) is 0 Å². The zero-order valence-electron chi connectivity index (χ0n) is 25.3. The van der Waals surface area contributed by atoms with E-state index < -0.39 is 25.6 Å². The summed E-state index contributed by atoms with van der Waals surface area (Å²) in [4.78, 5) is 20.0. The minimum atomic E-state index is -4.80. The monoisotopic (exact) mass is 564 g/mol. The van der Waals surface area contributed by atoms with Crippen LogP contribution in [-0.4, -0.2) is 76.8 Å². The van der Waals surface area contributed by atoms with Gasteiger partial charge in [-0.25, -0.2) is 0 Å². The highest BCUT2D eigenvalue weighted by atomic mass is 31.2. The first-order chi connectivity index (χ1) is 18.0. The lowest BCUT2D eigenvalue weighted by molar-refractivity contribution is -0.871. The summed E-state index contributed by atoms with van der Waals surface area (Å²) in [7, 11) is 1.08. The highest BCUT2D eigenvalue weighted by Crippen LogP contribution is 2.56. The normalized spacial score (nSPS) is 15.3. The van der Waals surface area contributed by atoms with Crippen molar-refractivity contribution in [3.05, 3.63) is 12.2 Å². The Morgan fingerprint density at radius 2 is 1.18 bits per heavy atom. The Hall–Kier alpha value is -0.270. The largest absolute Gasteiger partial charge is 0.394 e. The number of nitrogens with zero attached hydrogens (tertiary/aromatic N) is 1. The molecule has 0 aromatic heterocycles. The average molecular weight is 565 g/mol. The Morgan fingerprint density at radius 3 is 1.58 bits per heavy atom. The molecule has 8 heteroatoms. The molecule has 38 heavy (non-hydrogen) atoms. The van der Waals surface area contributed by atoms with E-state index in [1.807, 2.05) is 21.1 Å². The third-order valence-corrected chi connectivity index (χ3v) is 8.98. The third kappa shape index (κ3) is 18.9. The molecule has 0 saturated carbocycles. The molecule has 0 rings (SSSR count). The highest BCUT2D eigenvalue weighted by molar-refractivity contribution is 7.53. The predicted molar refractivity (Wildman–Crippen MR) is 159 cm³/mol. The van der Waals surface area contributed by atoms with Crippen LogP contribution in [0.1, 0.15) is 129 Å². The van der Waals surface area contributed by atoms with E-state index in [-0.39, 0.29) is 13.0 Å². The molecule has 0 aromatic carbocycles. The fourth-order valence-electron chi connectivity index (χ4n) is 4.73. The van der Waals surface area contributed by atoms with Crippen molar-refractivity contribution in [1.82, 2.24) is 0 Å². The number of aliphatic hydroxyl groups excluding tert-OH is 2. The summed E-state index contributed by atoms with van der Waals surface area (Å²) in [6.45, 7) is 2.15. The minimum absolute atomic E-state index is 0.0313. The lowest BCUT2D eigenvalue weighted by Crippen LogP contribution is -2.49. The lowest BCUT2D eigenvalue weighted by Gasteiger charge is -2.38. The number of quaternary nitrogens is 1. The summed E-state index contributed by atoms with van der Waals surface area (Å²) in [6, 6.07) is 0. The van der Waals surface area contributed by atoms with Gasteiger partial charge in [0.05, 0.1) is 34.4 Å². The maximum atomic E-state index is 12.3. The first kappa shape index (κ1) is 37.7. The molecule has 2 atom stereocenters. The number of unbranched alkanes of at least 4 members (excludes halogenated alkanes) is 16. The van der Waals surface area contributed by atoms with Gasteiger partial charge in [0.2, 0.25) is 0 Å². The predicted octanol–water partition coefficient (Wildman–Crippen LogP) is 6.92. The van der Waals surface area contributed by atoms with Gasteiger partial charge < -0.3 is 29.2 Å². The summed E-state index contributed by atoms with van der Waals surface area (Å²) >= 11 is 0. The van der Waals surface area contributed by atoms with Gasteiger partial charge in [-0.05, 0) is 38.5 Å². The van der Waals surface area contributed by atoms with E-state index in [0.717, 1.165) is 19.3 Å². The van der Waals surface area contributed by atoms with E-state index in [0.29, 0.717) is 17.4 Å². The Bertz CT molecular complexity index is 618. The van der Waals surface area contributed by atoms with Crippen molar-refractivity contribution in [2.45, 2.75) is 140 Å². The molecule has 0 fully saturated rings. The molecule has 0 aromatic rings.